The number of hydrogen-bond acceptors (Lipinski definition) is 4. The van der Waals surface area contributed by atoms with Gasteiger partial charge in [0, 0.05) is 11.5 Å². The van der Waals surface area contributed by atoms with Crippen LogP contribution in [0.5, 0.6) is 5.75 Å². The average Bonchev–Trinajstić information content (AvgIpc) is 2.72. The molecule has 1 atom stereocenters. The first-order valence-corrected chi connectivity index (χ1v) is 11.1. The number of carboxylic acids is 1. The normalized spacial score (nSPS) is 12.7. The van der Waals surface area contributed by atoms with Crippen molar-refractivity contribution < 1.29 is 23.1 Å². The third-order valence-electron chi connectivity index (χ3n) is 4.42. The van der Waals surface area contributed by atoms with E-state index in [1.54, 1.807) is 18.2 Å². The molecule has 0 aliphatic rings. The van der Waals surface area contributed by atoms with Gasteiger partial charge in [0.2, 0.25) is 0 Å². The molecule has 1 unspecified atom stereocenters. The predicted molar refractivity (Wildman–Crippen MR) is 119 cm³/mol. The van der Waals surface area contributed by atoms with Crippen molar-refractivity contribution in [2.24, 2.45) is 0 Å². The standard InChI is InChI=1S/C23H23NO5S/c1-2-8-21(23(25)26)29-22-16-19(15-18-11-6-7-12-20(18)22)24-30(27,28)14-13-17-9-4-3-5-10-17/h3-7,9-16,21,24H,2,8H2,1H3,(H,25,26). The summed E-state index contributed by atoms with van der Waals surface area (Å²) in [5.74, 6) is -0.739. The first-order valence-electron chi connectivity index (χ1n) is 9.56. The summed E-state index contributed by atoms with van der Waals surface area (Å²) >= 11 is 0. The first kappa shape index (κ1) is 21.4. The Bertz CT molecular complexity index is 1160. The van der Waals surface area contributed by atoms with Gasteiger partial charge >= 0.3 is 5.97 Å². The Hall–Kier alpha value is -3.32. The summed E-state index contributed by atoms with van der Waals surface area (Å²) in [5, 5.41) is 12.0. The third-order valence-corrected chi connectivity index (χ3v) is 5.43. The lowest BCUT2D eigenvalue weighted by atomic mass is 10.1. The molecular weight excluding hydrogens is 402 g/mol. The van der Waals surface area contributed by atoms with E-state index in [0.29, 0.717) is 29.7 Å². The number of anilines is 1. The fourth-order valence-corrected chi connectivity index (χ4v) is 3.86. The molecule has 0 saturated carbocycles. The van der Waals surface area contributed by atoms with Gasteiger partial charge < -0.3 is 9.84 Å². The number of ether oxygens (including phenoxy) is 1. The van der Waals surface area contributed by atoms with Crippen molar-refractivity contribution in [3.8, 4) is 5.75 Å². The smallest absolute Gasteiger partial charge is 0.344 e. The highest BCUT2D eigenvalue weighted by atomic mass is 32.2. The van der Waals surface area contributed by atoms with Crippen LogP contribution in [0, 0.1) is 0 Å². The molecule has 3 rings (SSSR count). The molecule has 0 bridgehead atoms. The van der Waals surface area contributed by atoms with Crippen molar-refractivity contribution in [1.29, 1.82) is 0 Å². The number of nitrogens with one attached hydrogen (secondary N) is 1. The van der Waals surface area contributed by atoms with Crippen LogP contribution in [0.1, 0.15) is 25.3 Å². The van der Waals surface area contributed by atoms with E-state index in [4.69, 9.17) is 4.74 Å². The summed E-state index contributed by atoms with van der Waals surface area (Å²) in [5.41, 5.74) is 1.05. The summed E-state index contributed by atoms with van der Waals surface area (Å²) in [7, 11) is -3.78. The van der Waals surface area contributed by atoms with Gasteiger partial charge in [-0.1, -0.05) is 67.9 Å². The maximum Gasteiger partial charge on any atom is 0.344 e. The Morgan fingerprint density at radius 3 is 2.50 bits per heavy atom. The molecule has 7 heteroatoms. The Kier molecular flexibility index (Phi) is 6.74. The van der Waals surface area contributed by atoms with Crippen LogP contribution < -0.4 is 9.46 Å². The van der Waals surface area contributed by atoms with E-state index >= 15 is 0 Å². The summed E-state index contributed by atoms with van der Waals surface area (Å²) in [6, 6.07) is 19.6. The van der Waals surface area contributed by atoms with Crippen molar-refractivity contribution in [3.05, 3.63) is 77.7 Å². The molecule has 6 nitrogen and oxygen atoms in total. The lowest BCUT2D eigenvalue weighted by Gasteiger charge is -2.17. The molecule has 30 heavy (non-hydrogen) atoms. The number of rotatable bonds is 9. The highest BCUT2D eigenvalue weighted by Crippen LogP contribution is 2.32. The third kappa shape index (κ3) is 5.61. The second-order valence-electron chi connectivity index (χ2n) is 6.79. The van der Waals surface area contributed by atoms with Gasteiger partial charge in [0.1, 0.15) is 5.75 Å². The van der Waals surface area contributed by atoms with Crippen LogP contribution in [0.4, 0.5) is 5.69 Å². The number of hydrogen-bond donors (Lipinski definition) is 2. The fraction of sp³-hybridized carbons (Fsp3) is 0.174. The number of aliphatic carboxylic acids is 1. The van der Waals surface area contributed by atoms with Crippen LogP contribution in [0.15, 0.2) is 72.1 Å². The maximum atomic E-state index is 12.5. The summed E-state index contributed by atoms with van der Waals surface area (Å²) in [6.45, 7) is 1.88. The minimum absolute atomic E-state index is 0.294. The molecule has 0 aliphatic carbocycles. The Balaban J connectivity index is 1.92. The van der Waals surface area contributed by atoms with Gasteiger partial charge in [-0.3, -0.25) is 4.72 Å². The SMILES string of the molecule is CCCC(Oc1cc(NS(=O)(=O)C=Cc2ccccc2)cc2ccccc12)C(=O)O. The van der Waals surface area contributed by atoms with Gasteiger partial charge in [-0.05, 0) is 29.5 Å². The van der Waals surface area contributed by atoms with Crippen molar-refractivity contribution in [2.45, 2.75) is 25.9 Å². The molecular formula is C23H23NO5S. The zero-order valence-electron chi connectivity index (χ0n) is 16.5. The zero-order valence-corrected chi connectivity index (χ0v) is 17.3. The zero-order chi connectivity index (χ0) is 21.6. The maximum absolute atomic E-state index is 12.5. The lowest BCUT2D eigenvalue weighted by Crippen LogP contribution is -2.26. The molecule has 0 aromatic heterocycles. The lowest BCUT2D eigenvalue weighted by molar-refractivity contribution is -0.145. The number of carboxylic acid groups (broad SMARTS) is 1. The van der Waals surface area contributed by atoms with Gasteiger partial charge in [-0.2, -0.15) is 0 Å². The average molecular weight is 426 g/mol. The molecule has 0 aliphatic heterocycles. The second-order valence-corrected chi connectivity index (χ2v) is 8.36. The van der Waals surface area contributed by atoms with Crippen molar-refractivity contribution >= 4 is 38.5 Å². The molecule has 2 N–H and O–H groups in total. The topological polar surface area (TPSA) is 92.7 Å². The van der Waals surface area contributed by atoms with Crippen LogP contribution in [-0.4, -0.2) is 25.6 Å². The molecule has 0 amide bonds. The van der Waals surface area contributed by atoms with Crippen LogP contribution in [0.25, 0.3) is 16.8 Å². The number of carbonyl (C=O) groups is 1. The van der Waals surface area contributed by atoms with Crippen LogP contribution >= 0.6 is 0 Å². The Morgan fingerprint density at radius 2 is 1.80 bits per heavy atom. The molecule has 0 saturated heterocycles. The quantitative estimate of drug-likeness (QED) is 0.509. The Morgan fingerprint density at radius 1 is 1.10 bits per heavy atom. The molecule has 3 aromatic carbocycles. The molecule has 0 fully saturated rings. The van der Waals surface area contributed by atoms with Gasteiger partial charge in [0.15, 0.2) is 6.10 Å². The second kappa shape index (κ2) is 9.45. The van der Waals surface area contributed by atoms with E-state index in [-0.39, 0.29) is 0 Å². The van der Waals surface area contributed by atoms with E-state index in [9.17, 15) is 18.3 Å². The summed E-state index contributed by atoms with van der Waals surface area (Å²) < 4.78 is 33.3. The molecule has 3 aromatic rings. The number of benzene rings is 3. The van der Waals surface area contributed by atoms with E-state index < -0.39 is 22.1 Å². The molecule has 0 radical (unpaired) electrons. The van der Waals surface area contributed by atoms with Gasteiger partial charge in [-0.25, -0.2) is 13.2 Å². The minimum atomic E-state index is -3.78. The van der Waals surface area contributed by atoms with E-state index in [0.717, 1.165) is 16.4 Å². The predicted octanol–water partition coefficient (Wildman–Crippen LogP) is 4.88. The Labute approximate surface area is 175 Å². The van der Waals surface area contributed by atoms with Gasteiger partial charge in [0.05, 0.1) is 11.1 Å². The minimum Gasteiger partial charge on any atom is -0.479 e. The van der Waals surface area contributed by atoms with E-state index in [1.165, 1.54) is 12.1 Å². The summed E-state index contributed by atoms with van der Waals surface area (Å²) in [4.78, 5) is 11.5. The van der Waals surface area contributed by atoms with E-state index in [2.05, 4.69) is 4.72 Å². The van der Waals surface area contributed by atoms with Crippen molar-refractivity contribution in [3.63, 3.8) is 0 Å². The number of fused-ring (bicyclic) bond motifs is 1. The van der Waals surface area contributed by atoms with Crippen molar-refractivity contribution in [2.75, 3.05) is 4.72 Å². The molecule has 156 valence electrons. The highest BCUT2D eigenvalue weighted by Gasteiger charge is 2.20. The molecule has 0 spiro atoms. The van der Waals surface area contributed by atoms with Crippen molar-refractivity contribution in [1.82, 2.24) is 0 Å². The summed E-state index contributed by atoms with van der Waals surface area (Å²) in [6.07, 6.45) is 1.48. The highest BCUT2D eigenvalue weighted by molar-refractivity contribution is 7.95. The molecule has 0 heterocycles. The largest absolute Gasteiger partial charge is 0.479 e. The van der Waals surface area contributed by atoms with Gasteiger partial charge in [-0.15, -0.1) is 0 Å². The van der Waals surface area contributed by atoms with Gasteiger partial charge in [0.25, 0.3) is 10.0 Å². The monoisotopic (exact) mass is 425 g/mol. The fourth-order valence-electron chi connectivity index (χ4n) is 3.01. The van der Waals surface area contributed by atoms with Crippen LogP contribution in [0.3, 0.4) is 0 Å². The van der Waals surface area contributed by atoms with Crippen LogP contribution in [0.2, 0.25) is 0 Å². The van der Waals surface area contributed by atoms with Crippen LogP contribution in [-0.2, 0) is 14.8 Å². The first-order chi connectivity index (χ1) is 14.4. The number of sulfonamides is 1. The van der Waals surface area contributed by atoms with E-state index in [1.807, 2.05) is 49.4 Å².